The fourth-order valence-corrected chi connectivity index (χ4v) is 13.8. The van der Waals surface area contributed by atoms with Gasteiger partial charge in [0.15, 0.2) is 6.17 Å². The molecule has 0 amide bonds. The molecule has 0 fully saturated rings. The number of hydrogen-bond donors (Lipinski definition) is 2. The Labute approximate surface area is 504 Å². The van der Waals surface area contributed by atoms with Crippen molar-refractivity contribution in [3.63, 3.8) is 0 Å². The Hall–Kier alpha value is -10.9. The summed E-state index contributed by atoms with van der Waals surface area (Å²) < 4.78 is 12.1. The first-order valence-electron chi connectivity index (χ1n) is 30.2. The zero-order valence-electron chi connectivity index (χ0n) is 47.5. The first-order valence-corrected chi connectivity index (χ1v) is 30.2. The van der Waals surface area contributed by atoms with Gasteiger partial charge in [0, 0.05) is 55.3 Å². The summed E-state index contributed by atoms with van der Waals surface area (Å²) in [4.78, 5) is 16.8. The maximum atomic E-state index is 7.07. The van der Waals surface area contributed by atoms with Crippen LogP contribution in [0, 0.1) is 0 Å². The van der Waals surface area contributed by atoms with Crippen LogP contribution in [0.3, 0.4) is 0 Å². The number of amidine groups is 3. The summed E-state index contributed by atoms with van der Waals surface area (Å²) >= 11 is 0. The molecule has 5 heterocycles. The van der Waals surface area contributed by atoms with Crippen molar-refractivity contribution >= 4 is 61.1 Å². The van der Waals surface area contributed by atoms with Crippen molar-refractivity contribution in [2.24, 2.45) is 15.0 Å². The molecule has 416 valence electrons. The molecule has 5 atom stereocenters. The molecule has 9 nitrogen and oxygen atoms in total. The lowest BCUT2D eigenvalue weighted by atomic mass is 9.92. The van der Waals surface area contributed by atoms with Crippen LogP contribution in [0.2, 0.25) is 0 Å². The minimum atomic E-state index is -0.566. The molecule has 2 aromatic heterocycles. The van der Waals surface area contributed by atoms with Crippen molar-refractivity contribution in [2.45, 2.75) is 43.4 Å². The molecule has 5 unspecified atom stereocenters. The van der Waals surface area contributed by atoms with Gasteiger partial charge < -0.3 is 29.5 Å². The van der Waals surface area contributed by atoms with Gasteiger partial charge in [-0.3, -0.25) is 10.3 Å². The second-order valence-corrected chi connectivity index (χ2v) is 23.0. The van der Waals surface area contributed by atoms with E-state index in [-0.39, 0.29) is 24.4 Å². The molecule has 0 bridgehead atoms. The van der Waals surface area contributed by atoms with Crippen molar-refractivity contribution in [1.29, 1.82) is 0 Å². The summed E-state index contributed by atoms with van der Waals surface area (Å²) in [6.07, 6.45) is 16.1. The number of aliphatic imine (C=N–C) groups is 3. The fraction of sp³-hybridized carbons (Fsp3) is 0.0897. The lowest BCUT2D eigenvalue weighted by Gasteiger charge is -2.33. The number of nitrogens with two attached hydrogens (primary N) is 1. The van der Waals surface area contributed by atoms with E-state index < -0.39 is 6.17 Å². The summed E-state index contributed by atoms with van der Waals surface area (Å²) in [5, 5.41) is 16.0. The van der Waals surface area contributed by atoms with Crippen LogP contribution in [0.25, 0.3) is 82.6 Å². The second-order valence-electron chi connectivity index (χ2n) is 23.0. The average Bonchev–Trinajstić information content (AvgIpc) is 1.56. The van der Waals surface area contributed by atoms with Crippen molar-refractivity contribution in [3.05, 3.63) is 323 Å². The molecule has 10 aromatic carbocycles. The van der Waals surface area contributed by atoms with Gasteiger partial charge in [-0.2, -0.15) is 0 Å². The molecule has 0 spiro atoms. The molecule has 87 heavy (non-hydrogen) atoms. The Bertz CT molecular complexity index is 4940. The molecule has 17 rings (SSSR count). The largest absolute Gasteiger partial charge is 0.483 e. The molecule has 3 aliphatic heterocycles. The van der Waals surface area contributed by atoms with Crippen LogP contribution in [0.1, 0.15) is 70.6 Å². The number of ether oxygens (including phenoxy) is 1. The van der Waals surface area contributed by atoms with Gasteiger partial charge in [-0.15, -0.1) is 0 Å². The number of nitrogens with zero attached hydrogens (tertiary/aromatic N) is 6. The number of fused-ring (bicyclic) bond motifs is 10. The van der Waals surface area contributed by atoms with Crippen LogP contribution in [-0.4, -0.2) is 32.7 Å². The van der Waals surface area contributed by atoms with Gasteiger partial charge in [0.05, 0.1) is 45.4 Å². The van der Waals surface area contributed by atoms with Crippen LogP contribution >= 0.6 is 0 Å². The average molecular weight is 1120 g/mol. The van der Waals surface area contributed by atoms with E-state index in [9.17, 15) is 0 Å². The molecular formula is C78H58N8O. The van der Waals surface area contributed by atoms with Crippen molar-refractivity contribution in [1.82, 2.24) is 14.5 Å². The number of quaternary nitrogens is 1. The predicted molar refractivity (Wildman–Crippen MR) is 354 cm³/mol. The molecule has 9 heteroatoms. The number of aromatic nitrogens is 2. The van der Waals surface area contributed by atoms with E-state index in [1.807, 2.05) is 12.1 Å². The third kappa shape index (κ3) is 8.68. The number of allylic oxidation sites excluding steroid dienone is 5. The van der Waals surface area contributed by atoms with E-state index in [1.165, 1.54) is 16.7 Å². The number of rotatable bonds is 10. The van der Waals surface area contributed by atoms with E-state index >= 15 is 0 Å². The van der Waals surface area contributed by atoms with Gasteiger partial charge in [0.25, 0.3) is 0 Å². The third-order valence-corrected chi connectivity index (χ3v) is 17.9. The SMILES string of the molecule is C1=CCCC(C2=NC(c3ccc(-n4c5ccc(-c6ccccc6)cc5c5cc(-c6ccccc6)c6c(c7ccccc7n6-c6cccc7c6OC6C=CC=CC76)c54)c(C4=NC(c5ccccc5)[N-]C(c5ccccc5)=N4)c3)[NH2+]C(c3ccccc3)N2)=C1. The fourth-order valence-electron chi connectivity index (χ4n) is 13.8. The monoisotopic (exact) mass is 1120 g/mol. The molecule has 0 saturated heterocycles. The van der Waals surface area contributed by atoms with Gasteiger partial charge in [-0.1, -0.05) is 230 Å². The third-order valence-electron chi connectivity index (χ3n) is 17.9. The number of hydrogen-bond acceptors (Lipinski definition) is 5. The lowest BCUT2D eigenvalue weighted by molar-refractivity contribution is -0.739. The molecular weight excluding hydrogens is 1060 g/mol. The summed E-state index contributed by atoms with van der Waals surface area (Å²) in [7, 11) is 0. The minimum absolute atomic E-state index is 0.0881. The van der Waals surface area contributed by atoms with Gasteiger partial charge in [-0.05, 0) is 101 Å². The number of nitrogens with one attached hydrogen (secondary N) is 1. The Morgan fingerprint density at radius 2 is 1.22 bits per heavy atom. The first-order chi connectivity index (χ1) is 43.1. The maximum absolute atomic E-state index is 7.07. The lowest BCUT2D eigenvalue weighted by Crippen LogP contribution is -2.90. The van der Waals surface area contributed by atoms with Gasteiger partial charge in [-0.25, -0.2) is 4.99 Å². The highest BCUT2D eigenvalue weighted by Gasteiger charge is 2.36. The molecule has 0 saturated carbocycles. The predicted octanol–water partition coefficient (Wildman–Crippen LogP) is 17.0. The minimum Gasteiger partial charge on any atom is -0.483 e. The summed E-state index contributed by atoms with van der Waals surface area (Å²) in [6, 6.07) is 85.0. The Morgan fingerprint density at radius 3 is 2.00 bits per heavy atom. The van der Waals surface area contributed by atoms with Crippen LogP contribution in [0.15, 0.2) is 300 Å². The van der Waals surface area contributed by atoms with E-state index in [0.29, 0.717) is 11.7 Å². The van der Waals surface area contributed by atoms with E-state index in [0.717, 1.165) is 124 Å². The van der Waals surface area contributed by atoms with Gasteiger partial charge >= 0.3 is 0 Å². The zero-order valence-corrected chi connectivity index (χ0v) is 47.5. The van der Waals surface area contributed by atoms with Crippen LogP contribution in [0.4, 0.5) is 0 Å². The quantitative estimate of drug-likeness (QED) is 0.143. The van der Waals surface area contributed by atoms with E-state index in [4.69, 9.17) is 25.0 Å². The number of benzene rings is 10. The van der Waals surface area contributed by atoms with E-state index in [2.05, 4.69) is 287 Å². The standard InChI is InChI=1S/C78H57N8O/c1-7-24-49(25-8-1)55-42-44-65-61(46-55)62-48-60(50-26-9-2-10-27-50)70-69(59-37-19-21-39-64(59)86(70)67-40-23-38-58-57-36-20-22-41-68(57)87-72(58)67)71(62)85(65)66-45-43-56(77-81-73(51-28-11-3-12-29-51)79-74(82-77)52-30-13-4-14-31-52)47-63(66)78-83-75(53-32-15-5-16-33-53)80-76(84-78)54-34-17-6-18-35-54/h1-13,15-30,32-48,57,68,73,75,77,81H,14,31H2,(H-,79,80,82,83,84)/q-1/p+1. The first kappa shape index (κ1) is 50.6. The van der Waals surface area contributed by atoms with Crippen molar-refractivity contribution in [3.8, 4) is 39.4 Å². The van der Waals surface area contributed by atoms with E-state index in [1.54, 1.807) is 0 Å². The summed E-state index contributed by atoms with van der Waals surface area (Å²) in [5.74, 6) is 3.15. The second kappa shape index (κ2) is 21.0. The smallest absolute Gasteiger partial charge is 0.209 e. The molecule has 12 aromatic rings. The summed E-state index contributed by atoms with van der Waals surface area (Å²) in [6.45, 7) is 0. The maximum Gasteiger partial charge on any atom is 0.209 e. The highest BCUT2D eigenvalue weighted by molar-refractivity contribution is 6.30. The van der Waals surface area contributed by atoms with Crippen LogP contribution < -0.4 is 15.4 Å². The molecule has 2 aliphatic carbocycles. The highest BCUT2D eigenvalue weighted by Crippen LogP contribution is 2.51. The summed E-state index contributed by atoms with van der Waals surface area (Å²) in [5.41, 5.74) is 18.1. The molecule has 3 N–H and O–H groups in total. The molecule has 5 aliphatic rings. The van der Waals surface area contributed by atoms with Gasteiger partial charge in [0.1, 0.15) is 17.7 Å². The molecule has 0 radical (unpaired) electrons. The number of para-hydroxylation sites is 2. The Kier molecular flexibility index (Phi) is 12.2. The normalized spacial score (nSPS) is 19.4. The van der Waals surface area contributed by atoms with Gasteiger partial charge in [0.2, 0.25) is 6.17 Å². The van der Waals surface area contributed by atoms with Crippen LogP contribution in [-0.2, 0) is 0 Å². The highest BCUT2D eigenvalue weighted by atomic mass is 16.5. The van der Waals surface area contributed by atoms with Crippen LogP contribution in [0.5, 0.6) is 5.75 Å². The Balaban J connectivity index is 0.994. The zero-order chi connectivity index (χ0) is 57.4. The topological polar surface area (TPSA) is 98.9 Å². The van der Waals surface area contributed by atoms with Crippen molar-refractivity contribution < 1.29 is 10.1 Å². The Morgan fingerprint density at radius 1 is 0.517 bits per heavy atom. The van der Waals surface area contributed by atoms with Crippen molar-refractivity contribution in [2.75, 3.05) is 0 Å².